The van der Waals surface area contributed by atoms with Crippen LogP contribution in [0.25, 0.3) is 0 Å². The van der Waals surface area contributed by atoms with Gasteiger partial charge in [0.05, 0.1) is 0 Å². The molecule has 1 fully saturated rings. The predicted octanol–water partition coefficient (Wildman–Crippen LogP) is 2.60. The summed E-state index contributed by atoms with van der Waals surface area (Å²) in [6, 6.07) is 0.740. The lowest BCUT2D eigenvalue weighted by Crippen LogP contribution is -2.53. The minimum atomic E-state index is 0.368. The third-order valence-corrected chi connectivity index (χ3v) is 4.70. The zero-order valence-corrected chi connectivity index (χ0v) is 13.1. The summed E-state index contributed by atoms with van der Waals surface area (Å²) < 4.78 is 0. The maximum atomic E-state index is 4.53. The molecule has 2 atom stereocenters. The molecule has 3 heteroatoms. The van der Waals surface area contributed by atoms with Crippen LogP contribution in [0.2, 0.25) is 0 Å². The molecule has 1 aliphatic rings. The van der Waals surface area contributed by atoms with Crippen molar-refractivity contribution in [3.8, 4) is 0 Å². The molecule has 1 saturated heterocycles. The highest BCUT2D eigenvalue weighted by molar-refractivity contribution is 7.80. The second kappa shape index (κ2) is 6.44. The quantitative estimate of drug-likeness (QED) is 0.775. The maximum Gasteiger partial charge on any atom is 0.0218 e. The lowest BCUT2D eigenvalue weighted by atomic mass is 9.81. The Hall–Kier alpha value is 0.270. The first-order valence-electron chi connectivity index (χ1n) is 6.92. The van der Waals surface area contributed by atoms with Gasteiger partial charge in [-0.2, -0.15) is 12.6 Å². The van der Waals surface area contributed by atoms with Crippen LogP contribution in [0.15, 0.2) is 0 Å². The second-order valence-electron chi connectivity index (χ2n) is 6.55. The van der Waals surface area contributed by atoms with Crippen molar-refractivity contribution in [3.63, 3.8) is 0 Å². The number of hydrogen-bond acceptors (Lipinski definition) is 3. The molecule has 17 heavy (non-hydrogen) atoms. The van der Waals surface area contributed by atoms with Crippen LogP contribution in [0.3, 0.4) is 0 Å². The molecule has 0 aromatic rings. The first kappa shape index (κ1) is 15.3. The Kier molecular flexibility index (Phi) is 5.81. The van der Waals surface area contributed by atoms with Crippen molar-refractivity contribution < 1.29 is 0 Å². The molecule has 2 nitrogen and oxygen atoms in total. The molecule has 1 rings (SSSR count). The van der Waals surface area contributed by atoms with E-state index in [4.69, 9.17) is 0 Å². The van der Waals surface area contributed by atoms with Gasteiger partial charge in [-0.3, -0.25) is 0 Å². The first-order valence-corrected chi connectivity index (χ1v) is 7.55. The predicted molar refractivity (Wildman–Crippen MR) is 79.9 cm³/mol. The van der Waals surface area contributed by atoms with Crippen LogP contribution in [-0.2, 0) is 0 Å². The molecule has 102 valence electrons. The Bertz CT molecular complexity index is 225. The number of piperazine rings is 1. The fourth-order valence-electron chi connectivity index (χ4n) is 2.53. The van der Waals surface area contributed by atoms with E-state index >= 15 is 0 Å². The highest BCUT2D eigenvalue weighted by atomic mass is 32.1. The summed E-state index contributed by atoms with van der Waals surface area (Å²) in [6.07, 6.45) is 1.26. The molecule has 0 aromatic heterocycles. The van der Waals surface area contributed by atoms with E-state index in [2.05, 4.69) is 57.2 Å². The molecule has 2 unspecified atom stereocenters. The van der Waals surface area contributed by atoms with Crippen LogP contribution in [0.1, 0.15) is 34.1 Å². The van der Waals surface area contributed by atoms with E-state index in [0.717, 1.165) is 11.8 Å². The third-order valence-electron chi connectivity index (χ3n) is 4.26. The van der Waals surface area contributed by atoms with Crippen LogP contribution in [0, 0.1) is 11.3 Å². The van der Waals surface area contributed by atoms with Crippen LogP contribution < -0.4 is 0 Å². The fourth-order valence-corrected chi connectivity index (χ4v) is 3.20. The van der Waals surface area contributed by atoms with Crippen molar-refractivity contribution in [2.24, 2.45) is 11.3 Å². The molecular weight excluding hydrogens is 228 g/mol. The van der Waals surface area contributed by atoms with Gasteiger partial charge in [0.25, 0.3) is 0 Å². The lowest BCUT2D eigenvalue weighted by molar-refractivity contribution is 0.0675. The third kappa shape index (κ3) is 4.46. The molecule has 1 aliphatic heterocycles. The Morgan fingerprint density at radius 2 is 1.94 bits per heavy atom. The summed E-state index contributed by atoms with van der Waals surface area (Å²) in [6.45, 7) is 14.2. The molecule has 0 aliphatic carbocycles. The Morgan fingerprint density at radius 3 is 2.41 bits per heavy atom. The first-order chi connectivity index (χ1) is 7.88. The number of nitrogens with zero attached hydrogens (tertiary/aromatic N) is 2. The van der Waals surface area contributed by atoms with Gasteiger partial charge in [-0.1, -0.05) is 27.7 Å². The fraction of sp³-hybridized carbons (Fsp3) is 1.00. The zero-order valence-electron chi connectivity index (χ0n) is 12.2. The van der Waals surface area contributed by atoms with Gasteiger partial charge in [-0.25, -0.2) is 0 Å². The van der Waals surface area contributed by atoms with Crippen molar-refractivity contribution in [1.82, 2.24) is 9.80 Å². The Morgan fingerprint density at radius 1 is 1.29 bits per heavy atom. The van der Waals surface area contributed by atoms with Crippen molar-refractivity contribution >= 4 is 12.6 Å². The van der Waals surface area contributed by atoms with Gasteiger partial charge in [-0.05, 0) is 30.6 Å². The summed E-state index contributed by atoms with van der Waals surface area (Å²) in [5.41, 5.74) is 0.368. The summed E-state index contributed by atoms with van der Waals surface area (Å²) in [5.74, 6) is 1.68. The standard InChI is InChI=1S/C14H30N2S/c1-6-13-10-16(8-7-15(13)5)9-12(11-17)14(2,3)4/h12-13,17H,6-11H2,1-5H3. The smallest absolute Gasteiger partial charge is 0.0218 e. The van der Waals surface area contributed by atoms with E-state index < -0.39 is 0 Å². The Balaban J connectivity index is 2.51. The van der Waals surface area contributed by atoms with E-state index in [1.54, 1.807) is 0 Å². The van der Waals surface area contributed by atoms with Crippen LogP contribution in [0.5, 0.6) is 0 Å². The van der Waals surface area contributed by atoms with E-state index in [-0.39, 0.29) is 0 Å². The van der Waals surface area contributed by atoms with Crippen molar-refractivity contribution in [1.29, 1.82) is 0 Å². The van der Waals surface area contributed by atoms with E-state index in [1.165, 1.54) is 32.6 Å². The average Bonchev–Trinajstić information content (AvgIpc) is 2.26. The summed E-state index contributed by atoms with van der Waals surface area (Å²) in [7, 11) is 2.26. The molecular formula is C14H30N2S. The monoisotopic (exact) mass is 258 g/mol. The SMILES string of the molecule is CCC1CN(CC(CS)C(C)(C)C)CCN1C. The van der Waals surface area contributed by atoms with Gasteiger partial charge in [0, 0.05) is 32.2 Å². The molecule has 0 saturated carbocycles. The minimum absolute atomic E-state index is 0.368. The molecule has 0 amide bonds. The highest BCUT2D eigenvalue weighted by Gasteiger charge is 2.29. The lowest BCUT2D eigenvalue weighted by Gasteiger charge is -2.42. The van der Waals surface area contributed by atoms with E-state index in [0.29, 0.717) is 11.3 Å². The summed E-state index contributed by atoms with van der Waals surface area (Å²) >= 11 is 4.53. The number of likely N-dealkylation sites (N-methyl/N-ethyl adjacent to an activating group) is 1. The van der Waals surface area contributed by atoms with Crippen LogP contribution >= 0.6 is 12.6 Å². The number of thiol groups is 1. The second-order valence-corrected chi connectivity index (χ2v) is 6.91. The summed E-state index contributed by atoms with van der Waals surface area (Å²) in [5, 5.41) is 0. The van der Waals surface area contributed by atoms with Gasteiger partial charge >= 0.3 is 0 Å². The van der Waals surface area contributed by atoms with Gasteiger partial charge in [0.1, 0.15) is 0 Å². The molecule has 0 bridgehead atoms. The topological polar surface area (TPSA) is 6.48 Å². The largest absolute Gasteiger partial charge is 0.301 e. The zero-order chi connectivity index (χ0) is 13.1. The highest BCUT2D eigenvalue weighted by Crippen LogP contribution is 2.28. The number of hydrogen-bond donors (Lipinski definition) is 1. The van der Waals surface area contributed by atoms with Crippen molar-refractivity contribution in [2.45, 2.75) is 40.2 Å². The summed E-state index contributed by atoms with van der Waals surface area (Å²) in [4.78, 5) is 5.14. The molecule has 0 spiro atoms. The van der Waals surface area contributed by atoms with Gasteiger partial charge < -0.3 is 9.80 Å². The van der Waals surface area contributed by atoms with Gasteiger partial charge in [0.2, 0.25) is 0 Å². The average molecular weight is 258 g/mol. The van der Waals surface area contributed by atoms with Crippen molar-refractivity contribution in [3.05, 3.63) is 0 Å². The maximum absolute atomic E-state index is 4.53. The van der Waals surface area contributed by atoms with E-state index in [9.17, 15) is 0 Å². The number of rotatable bonds is 4. The molecule has 0 radical (unpaired) electrons. The van der Waals surface area contributed by atoms with E-state index in [1.807, 2.05) is 0 Å². The normalized spacial score (nSPS) is 26.1. The molecule has 1 heterocycles. The van der Waals surface area contributed by atoms with Gasteiger partial charge in [-0.15, -0.1) is 0 Å². The van der Waals surface area contributed by atoms with Crippen molar-refractivity contribution in [2.75, 3.05) is 39.0 Å². The molecule has 0 aromatic carbocycles. The van der Waals surface area contributed by atoms with Gasteiger partial charge in [0.15, 0.2) is 0 Å². The molecule has 0 N–H and O–H groups in total. The van der Waals surface area contributed by atoms with Crippen LogP contribution in [-0.4, -0.2) is 54.8 Å². The Labute approximate surface area is 113 Å². The van der Waals surface area contributed by atoms with Crippen LogP contribution in [0.4, 0.5) is 0 Å². The minimum Gasteiger partial charge on any atom is -0.301 e.